The van der Waals surface area contributed by atoms with Crippen molar-refractivity contribution in [2.24, 2.45) is 0 Å². The van der Waals surface area contributed by atoms with Gasteiger partial charge in [0.25, 0.3) is 0 Å². The molecule has 0 aliphatic rings. The Balaban J connectivity index is 4.24. The molecule has 0 aliphatic heterocycles. The standard InChI is InChI=1S/C48H87O10P/c1-3-5-7-9-11-13-15-17-19-20-21-22-23-24-26-28-30-32-34-36-38-40-48(52)58-46(44-57-59(53,54)56-42-45(50)41-49)43-55-47(51)39-37-35-33-31-29-27-25-18-16-14-12-10-8-6-4-2/h6,8,12,14,18,25,29,31,45-46,49-50H,3-5,7,9-11,13,15-17,19-24,26-28,30,32-44H2,1-2H3,(H,53,54)/b8-6+,14-12+,25-18+,31-29+/t45-,46+/m0/s1. The number of hydrogen-bond donors (Lipinski definition) is 3. The van der Waals surface area contributed by atoms with Gasteiger partial charge in [0, 0.05) is 12.8 Å². The SMILES string of the molecule is CC/C=C/C/C=C/C/C=C/C/C=C/CCCCC(=O)OC[C@H](COP(=O)(O)OC[C@@H](O)CO)OC(=O)CCCCCCCCCCCCCCCCCCCCCCC. The van der Waals surface area contributed by atoms with Gasteiger partial charge in [-0.3, -0.25) is 18.6 Å². The van der Waals surface area contributed by atoms with Crippen molar-refractivity contribution in [2.45, 2.75) is 219 Å². The molecule has 3 atom stereocenters. The minimum atomic E-state index is -4.63. The van der Waals surface area contributed by atoms with Crippen LogP contribution in [-0.4, -0.2) is 65.7 Å². The van der Waals surface area contributed by atoms with E-state index in [9.17, 15) is 24.2 Å². The number of aliphatic hydroxyl groups is 2. The lowest BCUT2D eigenvalue weighted by Crippen LogP contribution is -2.29. The highest BCUT2D eigenvalue weighted by Gasteiger charge is 2.27. The van der Waals surface area contributed by atoms with Gasteiger partial charge in [-0.1, -0.05) is 191 Å². The summed E-state index contributed by atoms with van der Waals surface area (Å²) in [5, 5.41) is 18.4. The number of phosphoric ester groups is 1. The number of carbonyl (C=O) groups excluding carboxylic acids is 2. The molecular formula is C48H87O10P. The van der Waals surface area contributed by atoms with E-state index in [-0.39, 0.29) is 19.4 Å². The van der Waals surface area contributed by atoms with Gasteiger partial charge in [-0.15, -0.1) is 0 Å². The first-order valence-electron chi connectivity index (χ1n) is 23.6. The molecule has 11 heteroatoms. The molecule has 344 valence electrons. The fourth-order valence-electron chi connectivity index (χ4n) is 6.40. The van der Waals surface area contributed by atoms with Crippen LogP contribution in [0.15, 0.2) is 48.6 Å². The molecule has 0 saturated carbocycles. The maximum absolute atomic E-state index is 12.6. The van der Waals surface area contributed by atoms with Gasteiger partial charge in [0.15, 0.2) is 6.10 Å². The molecule has 0 bridgehead atoms. The summed E-state index contributed by atoms with van der Waals surface area (Å²) in [7, 11) is -4.63. The lowest BCUT2D eigenvalue weighted by Gasteiger charge is -2.20. The zero-order valence-corrected chi connectivity index (χ0v) is 38.4. The Kier molecular flexibility index (Phi) is 42.5. The number of aliphatic hydroxyl groups excluding tert-OH is 2. The Morgan fingerprint density at radius 1 is 0.525 bits per heavy atom. The Morgan fingerprint density at radius 3 is 1.41 bits per heavy atom. The molecule has 0 aromatic heterocycles. The molecule has 0 saturated heterocycles. The van der Waals surface area contributed by atoms with E-state index < -0.39 is 51.8 Å². The number of esters is 2. The average molecular weight is 855 g/mol. The van der Waals surface area contributed by atoms with E-state index in [1.165, 1.54) is 109 Å². The summed E-state index contributed by atoms with van der Waals surface area (Å²) in [5.74, 6) is -0.968. The summed E-state index contributed by atoms with van der Waals surface area (Å²) < 4.78 is 32.7. The Hall–Kier alpha value is -2.07. The number of allylic oxidation sites excluding steroid dienone is 8. The van der Waals surface area contributed by atoms with Crippen LogP contribution < -0.4 is 0 Å². The van der Waals surface area contributed by atoms with Crippen molar-refractivity contribution in [3.05, 3.63) is 48.6 Å². The van der Waals surface area contributed by atoms with E-state index >= 15 is 0 Å². The van der Waals surface area contributed by atoms with Gasteiger partial charge in [0.05, 0.1) is 19.8 Å². The second-order valence-electron chi connectivity index (χ2n) is 15.8. The second kappa shape index (κ2) is 44.0. The molecule has 0 rings (SSSR count). The third-order valence-corrected chi connectivity index (χ3v) is 10.9. The summed E-state index contributed by atoms with van der Waals surface area (Å²) in [6, 6.07) is 0. The Morgan fingerprint density at radius 2 is 0.932 bits per heavy atom. The second-order valence-corrected chi connectivity index (χ2v) is 17.2. The topological polar surface area (TPSA) is 149 Å². The number of rotatable bonds is 44. The van der Waals surface area contributed by atoms with Gasteiger partial charge in [-0.05, 0) is 51.4 Å². The summed E-state index contributed by atoms with van der Waals surface area (Å²) >= 11 is 0. The molecule has 0 aromatic carbocycles. The lowest BCUT2D eigenvalue weighted by atomic mass is 10.0. The molecular weight excluding hydrogens is 767 g/mol. The van der Waals surface area contributed by atoms with Crippen LogP contribution in [0.1, 0.15) is 206 Å². The molecule has 10 nitrogen and oxygen atoms in total. The first-order chi connectivity index (χ1) is 28.7. The summed E-state index contributed by atoms with van der Waals surface area (Å²) in [4.78, 5) is 35.0. The van der Waals surface area contributed by atoms with Crippen LogP contribution in [0.4, 0.5) is 0 Å². The monoisotopic (exact) mass is 855 g/mol. The fraction of sp³-hybridized carbons (Fsp3) is 0.792. The van der Waals surface area contributed by atoms with Crippen LogP contribution in [0.2, 0.25) is 0 Å². The molecule has 0 spiro atoms. The van der Waals surface area contributed by atoms with Crippen LogP contribution in [-0.2, 0) is 32.7 Å². The summed E-state index contributed by atoms with van der Waals surface area (Å²) in [5.41, 5.74) is 0. The molecule has 0 heterocycles. The minimum Gasteiger partial charge on any atom is -0.462 e. The molecule has 0 aliphatic carbocycles. The molecule has 59 heavy (non-hydrogen) atoms. The third-order valence-electron chi connectivity index (χ3n) is 10.00. The Bertz CT molecular complexity index is 1120. The van der Waals surface area contributed by atoms with E-state index in [2.05, 4.69) is 62.5 Å². The zero-order valence-electron chi connectivity index (χ0n) is 37.5. The largest absolute Gasteiger partial charge is 0.472 e. The van der Waals surface area contributed by atoms with Crippen molar-refractivity contribution in [1.29, 1.82) is 0 Å². The van der Waals surface area contributed by atoms with Crippen LogP contribution >= 0.6 is 7.82 Å². The van der Waals surface area contributed by atoms with Crippen molar-refractivity contribution in [1.82, 2.24) is 0 Å². The fourth-order valence-corrected chi connectivity index (χ4v) is 7.19. The molecule has 0 aromatic rings. The molecule has 0 radical (unpaired) electrons. The van der Waals surface area contributed by atoms with Gasteiger partial charge < -0.3 is 24.6 Å². The highest BCUT2D eigenvalue weighted by Crippen LogP contribution is 2.43. The van der Waals surface area contributed by atoms with Crippen molar-refractivity contribution >= 4 is 19.8 Å². The van der Waals surface area contributed by atoms with E-state index in [0.29, 0.717) is 12.8 Å². The molecule has 0 fully saturated rings. The number of hydrogen-bond acceptors (Lipinski definition) is 9. The van der Waals surface area contributed by atoms with Crippen molar-refractivity contribution in [3.63, 3.8) is 0 Å². The van der Waals surface area contributed by atoms with Crippen molar-refractivity contribution < 1.29 is 47.8 Å². The molecule has 0 amide bonds. The normalized spacial score (nSPS) is 14.2. The summed E-state index contributed by atoms with van der Waals surface area (Å²) in [6.07, 6.45) is 48.0. The minimum absolute atomic E-state index is 0.177. The van der Waals surface area contributed by atoms with E-state index in [1.54, 1.807) is 0 Å². The van der Waals surface area contributed by atoms with Crippen LogP contribution in [0.25, 0.3) is 0 Å². The molecule has 1 unspecified atom stereocenters. The van der Waals surface area contributed by atoms with Gasteiger partial charge in [0.1, 0.15) is 12.7 Å². The van der Waals surface area contributed by atoms with Gasteiger partial charge >= 0.3 is 19.8 Å². The Labute approximate surface area is 360 Å². The van der Waals surface area contributed by atoms with Crippen LogP contribution in [0.5, 0.6) is 0 Å². The maximum Gasteiger partial charge on any atom is 0.472 e. The first-order valence-corrected chi connectivity index (χ1v) is 25.1. The summed E-state index contributed by atoms with van der Waals surface area (Å²) in [6.45, 7) is 2.24. The quantitative estimate of drug-likeness (QED) is 0.0234. The highest BCUT2D eigenvalue weighted by atomic mass is 31.2. The number of phosphoric acid groups is 1. The average Bonchev–Trinajstić information content (AvgIpc) is 3.22. The number of carbonyl (C=O) groups is 2. The highest BCUT2D eigenvalue weighted by molar-refractivity contribution is 7.47. The van der Waals surface area contributed by atoms with E-state index in [4.69, 9.17) is 23.6 Å². The van der Waals surface area contributed by atoms with Crippen LogP contribution in [0, 0.1) is 0 Å². The van der Waals surface area contributed by atoms with E-state index in [0.717, 1.165) is 57.8 Å². The lowest BCUT2D eigenvalue weighted by molar-refractivity contribution is -0.161. The van der Waals surface area contributed by atoms with Crippen LogP contribution in [0.3, 0.4) is 0 Å². The zero-order chi connectivity index (χ0) is 43.3. The number of ether oxygens (including phenoxy) is 2. The maximum atomic E-state index is 12.6. The van der Waals surface area contributed by atoms with Crippen molar-refractivity contribution in [3.8, 4) is 0 Å². The first kappa shape index (κ1) is 56.9. The van der Waals surface area contributed by atoms with E-state index in [1.807, 2.05) is 0 Å². The van der Waals surface area contributed by atoms with Gasteiger partial charge in [-0.25, -0.2) is 4.57 Å². The number of unbranched alkanes of at least 4 members (excludes halogenated alkanes) is 22. The predicted molar refractivity (Wildman–Crippen MR) is 242 cm³/mol. The third kappa shape index (κ3) is 43.8. The van der Waals surface area contributed by atoms with Gasteiger partial charge in [0.2, 0.25) is 0 Å². The van der Waals surface area contributed by atoms with Gasteiger partial charge in [-0.2, -0.15) is 0 Å². The van der Waals surface area contributed by atoms with Crippen molar-refractivity contribution in [2.75, 3.05) is 26.4 Å². The smallest absolute Gasteiger partial charge is 0.462 e. The predicted octanol–water partition coefficient (Wildman–Crippen LogP) is 12.9. The molecule has 3 N–H and O–H groups in total.